The second-order valence-corrected chi connectivity index (χ2v) is 6.35. The molecule has 1 aliphatic rings. The van der Waals surface area contributed by atoms with E-state index < -0.39 is 6.04 Å². The Morgan fingerprint density at radius 3 is 3.00 bits per heavy atom. The van der Waals surface area contributed by atoms with E-state index in [4.69, 9.17) is 5.21 Å². The van der Waals surface area contributed by atoms with Crippen LogP contribution in [0.4, 0.5) is 5.69 Å². The molecule has 0 amide bonds. The number of oxime groups is 1. The van der Waals surface area contributed by atoms with Crippen molar-refractivity contribution >= 4 is 27.8 Å². The van der Waals surface area contributed by atoms with Gasteiger partial charge in [-0.25, -0.2) is 0 Å². The molecule has 6 nitrogen and oxygen atoms in total. The van der Waals surface area contributed by atoms with Gasteiger partial charge >= 0.3 is 0 Å². The van der Waals surface area contributed by atoms with Crippen molar-refractivity contribution in [2.45, 2.75) is 32.2 Å². The Morgan fingerprint density at radius 2 is 2.36 bits per heavy atom. The van der Waals surface area contributed by atoms with Crippen LogP contribution in [0.5, 0.6) is 0 Å². The van der Waals surface area contributed by atoms with E-state index in [9.17, 15) is 10.1 Å². The van der Waals surface area contributed by atoms with E-state index in [-0.39, 0.29) is 4.92 Å². The van der Waals surface area contributed by atoms with Crippen molar-refractivity contribution in [2.75, 3.05) is 23.3 Å². The van der Waals surface area contributed by atoms with E-state index in [0.29, 0.717) is 6.42 Å². The van der Waals surface area contributed by atoms with Crippen LogP contribution in [0.3, 0.4) is 0 Å². The third-order valence-corrected chi connectivity index (χ3v) is 4.46. The van der Waals surface area contributed by atoms with Crippen LogP contribution in [0.15, 0.2) is 17.3 Å². The molecular formula is C15H20BrN3O3. The summed E-state index contributed by atoms with van der Waals surface area (Å²) < 4.78 is 0. The molecule has 7 heteroatoms. The fraction of sp³-hybridized carbons (Fsp3) is 0.533. The molecule has 0 spiro atoms. The average molecular weight is 370 g/mol. The Labute approximate surface area is 138 Å². The number of hydrogen-bond donors (Lipinski definition) is 1. The zero-order valence-corrected chi connectivity index (χ0v) is 14.1. The summed E-state index contributed by atoms with van der Waals surface area (Å²) >= 11 is 3.44. The van der Waals surface area contributed by atoms with Gasteiger partial charge in [-0.1, -0.05) is 27.2 Å². The number of hydrogen-bond acceptors (Lipinski definition) is 5. The van der Waals surface area contributed by atoms with E-state index in [2.05, 4.69) is 32.1 Å². The van der Waals surface area contributed by atoms with Crippen molar-refractivity contribution in [1.82, 2.24) is 0 Å². The van der Waals surface area contributed by atoms with Gasteiger partial charge < -0.3 is 10.1 Å². The minimum atomic E-state index is -0.622. The lowest BCUT2D eigenvalue weighted by Crippen LogP contribution is -2.23. The predicted octanol–water partition coefficient (Wildman–Crippen LogP) is 2.85. The topological polar surface area (TPSA) is 79.0 Å². The number of benzene rings is 1. The van der Waals surface area contributed by atoms with Gasteiger partial charge in [0.1, 0.15) is 0 Å². The molecule has 1 atom stereocenters. The highest BCUT2D eigenvalue weighted by Crippen LogP contribution is 2.33. The first-order valence-electron chi connectivity index (χ1n) is 7.34. The first-order valence-corrected chi connectivity index (χ1v) is 8.46. The van der Waals surface area contributed by atoms with Gasteiger partial charge in [-0.15, -0.1) is 0 Å². The summed E-state index contributed by atoms with van der Waals surface area (Å²) in [5.41, 5.74) is 4.02. The zero-order chi connectivity index (χ0) is 16.1. The lowest BCUT2D eigenvalue weighted by Gasteiger charge is -2.21. The molecule has 0 saturated carbocycles. The van der Waals surface area contributed by atoms with Gasteiger partial charge in [0.05, 0.1) is 6.21 Å². The summed E-state index contributed by atoms with van der Waals surface area (Å²) in [6, 6.07) is 3.33. The second-order valence-electron chi connectivity index (χ2n) is 5.56. The van der Waals surface area contributed by atoms with Gasteiger partial charge in [0, 0.05) is 47.9 Å². The quantitative estimate of drug-likeness (QED) is 0.263. The van der Waals surface area contributed by atoms with Crippen molar-refractivity contribution in [3.05, 3.63) is 38.9 Å². The number of anilines is 1. The van der Waals surface area contributed by atoms with Crippen molar-refractivity contribution in [3.63, 3.8) is 0 Å². The number of nitro groups is 1. The van der Waals surface area contributed by atoms with Crippen LogP contribution < -0.4 is 4.90 Å². The summed E-state index contributed by atoms with van der Waals surface area (Å²) in [5.74, 6) is 0. The number of alkyl halides is 1. The molecule has 22 heavy (non-hydrogen) atoms. The first-order chi connectivity index (χ1) is 10.6. The zero-order valence-electron chi connectivity index (χ0n) is 12.5. The van der Waals surface area contributed by atoms with Crippen LogP contribution in [0.25, 0.3) is 0 Å². The lowest BCUT2D eigenvalue weighted by molar-refractivity contribution is -0.517. The highest BCUT2D eigenvalue weighted by Gasteiger charge is 2.24. The molecule has 0 aliphatic carbocycles. The Hall–Kier alpha value is -1.63. The highest BCUT2D eigenvalue weighted by atomic mass is 79.9. The lowest BCUT2D eigenvalue weighted by atomic mass is 9.99. The SMILES string of the molecule is CC(Cc1cc(/C=N/O)c2c(c1)CCN2CCCBr)[N+](=O)[O-]. The van der Waals surface area contributed by atoms with Gasteiger partial charge in [0.2, 0.25) is 6.04 Å². The van der Waals surface area contributed by atoms with Crippen LogP contribution in [-0.2, 0) is 12.8 Å². The van der Waals surface area contributed by atoms with E-state index >= 15 is 0 Å². The van der Waals surface area contributed by atoms with E-state index in [1.807, 2.05) is 6.07 Å². The van der Waals surface area contributed by atoms with Crippen LogP contribution in [0, 0.1) is 10.1 Å². The molecule has 0 aromatic heterocycles. The maximum absolute atomic E-state index is 10.8. The standard InChI is InChI=1S/C15H20BrN3O3/c1-11(19(21)22)7-12-8-13-3-6-18(5-2-4-16)15(13)14(9-12)10-17-20/h8-11,20H,2-7H2,1H3/b17-10+. The summed E-state index contributed by atoms with van der Waals surface area (Å²) in [6.45, 7) is 3.48. The Morgan fingerprint density at radius 1 is 1.59 bits per heavy atom. The molecule has 2 rings (SSSR count). The molecule has 1 aliphatic heterocycles. The minimum absolute atomic E-state index is 0.269. The van der Waals surface area contributed by atoms with E-state index in [0.717, 1.165) is 48.1 Å². The maximum atomic E-state index is 10.8. The molecule has 0 saturated heterocycles. The first kappa shape index (κ1) is 16.7. The molecule has 1 aromatic rings. The van der Waals surface area contributed by atoms with Crippen LogP contribution >= 0.6 is 15.9 Å². The summed E-state index contributed by atoms with van der Waals surface area (Å²) in [5, 5.41) is 23.9. The number of rotatable bonds is 7. The monoisotopic (exact) mass is 369 g/mol. The largest absolute Gasteiger partial charge is 0.411 e. The van der Waals surface area contributed by atoms with Crippen molar-refractivity contribution in [2.24, 2.45) is 5.16 Å². The molecular weight excluding hydrogens is 350 g/mol. The molecule has 0 fully saturated rings. The van der Waals surface area contributed by atoms with Gasteiger partial charge in [0.25, 0.3) is 0 Å². The van der Waals surface area contributed by atoms with Crippen molar-refractivity contribution < 1.29 is 10.1 Å². The van der Waals surface area contributed by atoms with Crippen LogP contribution in [0.2, 0.25) is 0 Å². The second kappa shape index (κ2) is 7.58. The van der Waals surface area contributed by atoms with Gasteiger partial charge in [-0.05, 0) is 30.0 Å². The van der Waals surface area contributed by atoms with Crippen LogP contribution in [0.1, 0.15) is 30.0 Å². The molecule has 1 N–H and O–H groups in total. The maximum Gasteiger partial charge on any atom is 0.214 e. The number of nitrogens with zero attached hydrogens (tertiary/aromatic N) is 3. The van der Waals surface area contributed by atoms with Gasteiger partial charge in [-0.2, -0.15) is 0 Å². The summed E-state index contributed by atoms with van der Waals surface area (Å²) in [4.78, 5) is 12.9. The summed E-state index contributed by atoms with van der Waals surface area (Å²) in [7, 11) is 0. The highest BCUT2D eigenvalue weighted by molar-refractivity contribution is 9.09. The molecule has 1 heterocycles. The Balaban J connectivity index is 2.32. The third-order valence-electron chi connectivity index (χ3n) is 3.89. The minimum Gasteiger partial charge on any atom is -0.411 e. The summed E-state index contributed by atoms with van der Waals surface area (Å²) in [6.07, 6.45) is 3.76. The number of halogens is 1. The smallest absolute Gasteiger partial charge is 0.214 e. The molecule has 0 radical (unpaired) electrons. The predicted molar refractivity (Wildman–Crippen MR) is 90.3 cm³/mol. The van der Waals surface area contributed by atoms with E-state index in [1.54, 1.807) is 6.92 Å². The fourth-order valence-electron chi connectivity index (χ4n) is 2.90. The van der Waals surface area contributed by atoms with Crippen LogP contribution in [-0.4, -0.2) is 40.8 Å². The molecule has 1 aromatic carbocycles. The Kier molecular flexibility index (Phi) is 5.76. The van der Waals surface area contributed by atoms with Gasteiger partial charge in [-0.3, -0.25) is 10.1 Å². The molecule has 0 bridgehead atoms. The van der Waals surface area contributed by atoms with Crippen molar-refractivity contribution in [3.8, 4) is 0 Å². The Bertz CT molecular complexity index is 577. The fourth-order valence-corrected chi connectivity index (χ4v) is 3.15. The van der Waals surface area contributed by atoms with Gasteiger partial charge in [0.15, 0.2) is 0 Å². The molecule has 1 unspecified atom stereocenters. The molecule has 120 valence electrons. The number of fused-ring (bicyclic) bond motifs is 1. The van der Waals surface area contributed by atoms with Crippen molar-refractivity contribution in [1.29, 1.82) is 0 Å². The average Bonchev–Trinajstić information content (AvgIpc) is 2.88. The third kappa shape index (κ3) is 3.76. The van der Waals surface area contributed by atoms with E-state index in [1.165, 1.54) is 11.8 Å². The normalized spacial score (nSPS) is 15.3.